The normalized spacial score (nSPS) is 17.0. The first-order chi connectivity index (χ1) is 12.6. The van der Waals surface area contributed by atoms with Gasteiger partial charge in [-0.15, -0.1) is 5.06 Å². The maximum absolute atomic E-state index is 12.3. The fraction of sp³-hybridized carbons (Fsp3) is 0.238. The number of rotatable bonds is 3. The first-order valence-corrected chi connectivity index (χ1v) is 8.73. The number of benzene rings is 2. The van der Waals surface area contributed by atoms with Gasteiger partial charge in [0.25, 0.3) is 5.91 Å². The molecule has 0 saturated carbocycles. The lowest BCUT2D eigenvalue weighted by molar-refractivity contribution is -0.152. The zero-order chi connectivity index (χ0) is 18.3. The molecule has 1 heterocycles. The van der Waals surface area contributed by atoms with E-state index in [1.54, 1.807) is 0 Å². The van der Waals surface area contributed by atoms with Crippen LogP contribution in [0.15, 0.2) is 60.8 Å². The zero-order valence-electron chi connectivity index (χ0n) is 14.6. The molecular formula is C21H20N2O3. The molecular weight excluding hydrogens is 328 g/mol. The van der Waals surface area contributed by atoms with Crippen LogP contribution in [-0.4, -0.2) is 23.1 Å². The lowest BCUT2D eigenvalue weighted by atomic mass is 9.90. The van der Waals surface area contributed by atoms with Crippen molar-refractivity contribution in [3.05, 3.63) is 71.9 Å². The van der Waals surface area contributed by atoms with Gasteiger partial charge in [-0.2, -0.15) is 0 Å². The molecule has 0 spiro atoms. The Morgan fingerprint density at radius 3 is 2.23 bits per heavy atom. The minimum Gasteiger partial charge on any atom is -0.316 e. The van der Waals surface area contributed by atoms with E-state index in [0.717, 1.165) is 5.06 Å². The Balaban J connectivity index is 1.55. The molecule has 1 saturated heterocycles. The fourth-order valence-corrected chi connectivity index (χ4v) is 3.86. The van der Waals surface area contributed by atoms with Gasteiger partial charge in [0.15, 0.2) is 0 Å². The van der Waals surface area contributed by atoms with Gasteiger partial charge in [0.05, 0.1) is 5.70 Å². The van der Waals surface area contributed by atoms with Crippen molar-refractivity contribution in [3.63, 3.8) is 0 Å². The maximum atomic E-state index is 12.3. The summed E-state index contributed by atoms with van der Waals surface area (Å²) in [5.74, 6) is -0.207. The third-order valence-electron chi connectivity index (χ3n) is 5.04. The molecule has 2 aromatic rings. The SMILES string of the molecule is C=C1CCC(=O)N1OC(=O)NC(C)C1c2ccccc2-c2ccccc21. The lowest BCUT2D eigenvalue weighted by Gasteiger charge is -2.24. The van der Waals surface area contributed by atoms with Crippen molar-refractivity contribution in [1.82, 2.24) is 10.4 Å². The van der Waals surface area contributed by atoms with Gasteiger partial charge in [0, 0.05) is 18.4 Å². The molecule has 132 valence electrons. The van der Waals surface area contributed by atoms with Crippen molar-refractivity contribution in [2.75, 3.05) is 0 Å². The smallest absolute Gasteiger partial charge is 0.316 e. The molecule has 0 radical (unpaired) electrons. The van der Waals surface area contributed by atoms with Crippen molar-refractivity contribution < 1.29 is 14.4 Å². The van der Waals surface area contributed by atoms with Gasteiger partial charge in [-0.1, -0.05) is 55.1 Å². The largest absolute Gasteiger partial charge is 0.432 e. The van der Waals surface area contributed by atoms with E-state index in [2.05, 4.69) is 36.2 Å². The van der Waals surface area contributed by atoms with Gasteiger partial charge in [-0.25, -0.2) is 4.79 Å². The van der Waals surface area contributed by atoms with Gasteiger partial charge in [-0.05, 0) is 35.6 Å². The Labute approximate surface area is 152 Å². The summed E-state index contributed by atoms with van der Waals surface area (Å²) in [5, 5.41) is 3.87. The lowest BCUT2D eigenvalue weighted by Crippen LogP contribution is -2.40. The van der Waals surface area contributed by atoms with Crippen molar-refractivity contribution in [1.29, 1.82) is 0 Å². The van der Waals surface area contributed by atoms with Crippen LogP contribution in [0.3, 0.4) is 0 Å². The minimum atomic E-state index is -0.643. The van der Waals surface area contributed by atoms with Crippen molar-refractivity contribution in [2.45, 2.75) is 31.7 Å². The van der Waals surface area contributed by atoms with Crippen LogP contribution in [-0.2, 0) is 9.63 Å². The molecule has 2 aromatic carbocycles. The van der Waals surface area contributed by atoms with Crippen LogP contribution in [0.1, 0.15) is 36.8 Å². The second-order valence-electron chi connectivity index (χ2n) is 6.72. The third kappa shape index (κ3) is 2.65. The van der Waals surface area contributed by atoms with Crippen molar-refractivity contribution in [3.8, 4) is 11.1 Å². The Bertz CT molecular complexity index is 844. The zero-order valence-corrected chi connectivity index (χ0v) is 14.6. The number of carbonyl (C=O) groups is 2. The molecule has 5 nitrogen and oxygen atoms in total. The van der Waals surface area contributed by atoms with Gasteiger partial charge < -0.3 is 10.2 Å². The molecule has 0 aromatic heterocycles. The molecule has 1 unspecified atom stereocenters. The number of amides is 2. The van der Waals surface area contributed by atoms with E-state index in [1.807, 2.05) is 31.2 Å². The molecule has 1 aliphatic carbocycles. The molecule has 0 bridgehead atoms. The average Bonchev–Trinajstić information content (AvgIpc) is 3.14. The molecule has 1 aliphatic heterocycles. The van der Waals surface area contributed by atoms with Crippen LogP contribution >= 0.6 is 0 Å². The number of hydrogen-bond donors (Lipinski definition) is 1. The third-order valence-corrected chi connectivity index (χ3v) is 5.04. The summed E-state index contributed by atoms with van der Waals surface area (Å²) < 4.78 is 0. The molecule has 4 rings (SSSR count). The Hall–Kier alpha value is -3.08. The standard InChI is InChI=1S/C21H20N2O3/c1-13-11-12-19(24)23(13)26-21(25)22-14(2)20-17-9-5-3-7-15(17)16-8-4-6-10-18(16)20/h3-10,14,20H,1,11-12H2,2H3,(H,22,25). The van der Waals surface area contributed by atoms with E-state index < -0.39 is 6.09 Å². The predicted molar refractivity (Wildman–Crippen MR) is 98.0 cm³/mol. The van der Waals surface area contributed by atoms with Gasteiger partial charge >= 0.3 is 6.09 Å². The number of nitrogens with zero attached hydrogens (tertiary/aromatic N) is 1. The monoisotopic (exact) mass is 348 g/mol. The molecule has 5 heteroatoms. The second kappa shape index (κ2) is 6.33. The van der Waals surface area contributed by atoms with E-state index in [1.165, 1.54) is 22.3 Å². The summed E-state index contributed by atoms with van der Waals surface area (Å²) in [7, 11) is 0. The molecule has 2 amide bonds. The van der Waals surface area contributed by atoms with Crippen LogP contribution in [0, 0.1) is 0 Å². The van der Waals surface area contributed by atoms with Crippen molar-refractivity contribution >= 4 is 12.0 Å². The summed E-state index contributed by atoms with van der Waals surface area (Å²) in [6.07, 6.45) is 0.201. The van der Waals surface area contributed by atoms with E-state index >= 15 is 0 Å². The molecule has 1 N–H and O–H groups in total. The summed E-state index contributed by atoms with van der Waals surface area (Å²) >= 11 is 0. The number of hydroxylamine groups is 2. The van der Waals surface area contributed by atoms with E-state index in [0.29, 0.717) is 18.5 Å². The minimum absolute atomic E-state index is 0.0347. The van der Waals surface area contributed by atoms with Crippen molar-refractivity contribution in [2.24, 2.45) is 0 Å². The second-order valence-corrected chi connectivity index (χ2v) is 6.72. The number of carbonyl (C=O) groups excluding carboxylic acids is 2. The van der Waals surface area contributed by atoms with Gasteiger partial charge in [-0.3, -0.25) is 4.79 Å². The van der Waals surface area contributed by atoms with Crippen LogP contribution in [0.5, 0.6) is 0 Å². The summed E-state index contributed by atoms with van der Waals surface area (Å²) in [6, 6.07) is 16.3. The highest BCUT2D eigenvalue weighted by Gasteiger charge is 2.34. The topological polar surface area (TPSA) is 58.6 Å². The highest BCUT2D eigenvalue weighted by Crippen LogP contribution is 2.46. The van der Waals surface area contributed by atoms with Crippen LogP contribution in [0.2, 0.25) is 0 Å². The molecule has 2 aliphatic rings. The molecule has 1 fully saturated rings. The number of hydrogen-bond acceptors (Lipinski definition) is 3. The van der Waals surface area contributed by atoms with E-state index in [-0.39, 0.29) is 17.9 Å². The van der Waals surface area contributed by atoms with Crippen LogP contribution in [0.4, 0.5) is 4.79 Å². The van der Waals surface area contributed by atoms with E-state index in [9.17, 15) is 9.59 Å². The van der Waals surface area contributed by atoms with Gasteiger partial charge in [0.2, 0.25) is 0 Å². The molecule has 26 heavy (non-hydrogen) atoms. The number of allylic oxidation sites excluding steroid dienone is 1. The highest BCUT2D eigenvalue weighted by molar-refractivity contribution is 5.82. The maximum Gasteiger partial charge on any atom is 0.432 e. The number of nitrogens with one attached hydrogen (secondary N) is 1. The van der Waals surface area contributed by atoms with E-state index in [4.69, 9.17) is 4.84 Å². The predicted octanol–water partition coefficient (Wildman–Crippen LogP) is 3.96. The quantitative estimate of drug-likeness (QED) is 0.913. The summed E-state index contributed by atoms with van der Waals surface area (Å²) in [4.78, 5) is 29.2. The Morgan fingerprint density at radius 1 is 1.12 bits per heavy atom. The Morgan fingerprint density at radius 2 is 1.69 bits per heavy atom. The summed E-state index contributed by atoms with van der Waals surface area (Å²) in [6.45, 7) is 5.71. The Kier molecular flexibility index (Phi) is 3.99. The first kappa shape index (κ1) is 16.4. The first-order valence-electron chi connectivity index (χ1n) is 8.73. The summed E-state index contributed by atoms with van der Waals surface area (Å²) in [5.41, 5.74) is 5.26. The number of fused-ring (bicyclic) bond motifs is 3. The van der Waals surface area contributed by atoms with Crippen LogP contribution in [0.25, 0.3) is 11.1 Å². The molecule has 1 atom stereocenters. The van der Waals surface area contributed by atoms with Gasteiger partial charge in [0.1, 0.15) is 0 Å². The fourth-order valence-electron chi connectivity index (χ4n) is 3.86. The highest BCUT2D eigenvalue weighted by atomic mass is 16.7. The average molecular weight is 348 g/mol. The van der Waals surface area contributed by atoms with Crippen LogP contribution < -0.4 is 5.32 Å².